The Labute approximate surface area is 169 Å². The number of hydrogen-bond acceptors (Lipinski definition) is 4. The minimum Gasteiger partial charge on any atom is -0.483 e. The van der Waals surface area contributed by atoms with Gasteiger partial charge >= 0.3 is 0 Å². The molecule has 0 heterocycles. The van der Waals surface area contributed by atoms with Crippen LogP contribution in [0.4, 0.5) is 5.69 Å². The second kappa shape index (κ2) is 9.21. The average molecular weight is 449 g/mol. The first kappa shape index (κ1) is 20.5. The Balaban J connectivity index is 2.19. The molecule has 0 spiro atoms. The number of ether oxygens (including phenoxy) is 1. The maximum absolute atomic E-state index is 12.4. The predicted octanol–water partition coefficient (Wildman–Crippen LogP) is 3.82. The van der Waals surface area contributed by atoms with Crippen LogP contribution in [0.25, 0.3) is 6.08 Å². The summed E-state index contributed by atoms with van der Waals surface area (Å²) in [5.74, 6) is -0.703. The smallest absolute Gasteiger partial charge is 0.266 e. The van der Waals surface area contributed by atoms with E-state index in [9.17, 15) is 14.9 Å². The number of nitrogens with two attached hydrogens (primary N) is 1. The lowest BCUT2D eigenvalue weighted by Gasteiger charge is -2.09. The van der Waals surface area contributed by atoms with Gasteiger partial charge in [-0.2, -0.15) is 5.26 Å². The Morgan fingerprint density at radius 2 is 2.07 bits per heavy atom. The van der Waals surface area contributed by atoms with Gasteiger partial charge in [-0.05, 0) is 70.4 Å². The molecular weight excluding hydrogens is 434 g/mol. The Bertz CT molecular complexity index is 967. The van der Waals surface area contributed by atoms with E-state index in [1.165, 1.54) is 6.08 Å². The molecule has 0 aliphatic rings. The van der Waals surface area contributed by atoms with Crippen LogP contribution in [-0.4, -0.2) is 18.4 Å². The first-order valence-corrected chi connectivity index (χ1v) is 8.87. The zero-order valence-electron chi connectivity index (χ0n) is 14.3. The molecule has 0 radical (unpaired) electrons. The van der Waals surface area contributed by atoms with E-state index < -0.39 is 11.8 Å². The first-order valence-electron chi connectivity index (χ1n) is 7.70. The lowest BCUT2D eigenvalue weighted by Crippen LogP contribution is -2.20. The van der Waals surface area contributed by atoms with Gasteiger partial charge in [0.25, 0.3) is 11.8 Å². The number of nitrogens with zero attached hydrogens (tertiary/aromatic N) is 1. The summed E-state index contributed by atoms with van der Waals surface area (Å²) in [5.41, 5.74) is 6.94. The molecule has 6 nitrogen and oxygen atoms in total. The topological polar surface area (TPSA) is 105 Å². The highest BCUT2D eigenvalue weighted by atomic mass is 79.9. The number of amides is 2. The summed E-state index contributed by atoms with van der Waals surface area (Å²) < 4.78 is 5.80. The van der Waals surface area contributed by atoms with Crippen LogP contribution < -0.4 is 15.8 Å². The van der Waals surface area contributed by atoms with Crippen LogP contribution in [-0.2, 0) is 9.59 Å². The van der Waals surface area contributed by atoms with Gasteiger partial charge in [-0.3, -0.25) is 9.59 Å². The third-order valence-electron chi connectivity index (χ3n) is 3.44. The van der Waals surface area contributed by atoms with Gasteiger partial charge in [0.15, 0.2) is 6.61 Å². The maximum Gasteiger partial charge on any atom is 0.266 e. The van der Waals surface area contributed by atoms with Gasteiger partial charge in [0.1, 0.15) is 17.4 Å². The fourth-order valence-electron chi connectivity index (χ4n) is 2.15. The molecule has 0 atom stereocenters. The molecule has 0 saturated carbocycles. The summed E-state index contributed by atoms with van der Waals surface area (Å²) in [6, 6.07) is 11.9. The van der Waals surface area contributed by atoms with Crippen molar-refractivity contribution in [2.75, 3.05) is 11.9 Å². The Kier molecular flexibility index (Phi) is 6.99. The molecule has 138 valence electrons. The van der Waals surface area contributed by atoms with Crippen molar-refractivity contribution >= 4 is 51.1 Å². The monoisotopic (exact) mass is 447 g/mol. The van der Waals surface area contributed by atoms with E-state index in [1.54, 1.807) is 43.3 Å². The van der Waals surface area contributed by atoms with E-state index in [-0.39, 0.29) is 12.2 Å². The van der Waals surface area contributed by atoms with E-state index in [4.69, 9.17) is 22.1 Å². The van der Waals surface area contributed by atoms with Crippen LogP contribution >= 0.6 is 27.5 Å². The molecule has 2 rings (SSSR count). The highest BCUT2D eigenvalue weighted by Crippen LogP contribution is 2.27. The summed E-state index contributed by atoms with van der Waals surface area (Å²) in [6.45, 7) is 1.55. The Hall–Kier alpha value is -2.82. The van der Waals surface area contributed by atoms with Gasteiger partial charge in [0, 0.05) is 10.7 Å². The van der Waals surface area contributed by atoms with Crippen molar-refractivity contribution in [2.45, 2.75) is 6.92 Å². The number of anilines is 1. The molecule has 2 aromatic rings. The standard InChI is InChI=1S/C19H15BrClN3O3/c1-11-6-14(21)3-4-16(11)24-19(26)13(9-22)7-12-2-5-17(15(20)8-12)27-10-18(23)25/h2-8H,10H2,1H3,(H2,23,25)(H,24,26)/b13-7+. The molecule has 3 N–H and O–H groups in total. The number of hydrogen-bond donors (Lipinski definition) is 2. The molecule has 2 amide bonds. The number of carbonyl (C=O) groups excluding carboxylic acids is 2. The highest BCUT2D eigenvalue weighted by molar-refractivity contribution is 9.10. The van der Waals surface area contributed by atoms with Crippen molar-refractivity contribution in [1.29, 1.82) is 5.26 Å². The first-order chi connectivity index (χ1) is 12.8. The molecule has 8 heteroatoms. The number of rotatable bonds is 6. The second-order valence-electron chi connectivity index (χ2n) is 5.53. The molecule has 0 aromatic heterocycles. The predicted molar refractivity (Wildman–Crippen MR) is 107 cm³/mol. The summed E-state index contributed by atoms with van der Waals surface area (Å²) >= 11 is 9.22. The zero-order valence-corrected chi connectivity index (χ0v) is 16.6. The fourth-order valence-corrected chi connectivity index (χ4v) is 2.88. The van der Waals surface area contributed by atoms with E-state index >= 15 is 0 Å². The summed E-state index contributed by atoms with van der Waals surface area (Å²) in [5, 5.41) is 12.6. The SMILES string of the molecule is Cc1cc(Cl)ccc1NC(=O)/C(C#N)=C/c1ccc(OCC(N)=O)c(Br)c1. The molecule has 0 fully saturated rings. The summed E-state index contributed by atoms with van der Waals surface area (Å²) in [4.78, 5) is 23.2. The van der Waals surface area contributed by atoms with Crippen LogP contribution in [0, 0.1) is 18.3 Å². The van der Waals surface area contributed by atoms with Crippen molar-refractivity contribution in [3.63, 3.8) is 0 Å². The van der Waals surface area contributed by atoms with Gasteiger partial charge in [-0.25, -0.2) is 0 Å². The van der Waals surface area contributed by atoms with E-state index in [0.717, 1.165) is 5.56 Å². The third-order valence-corrected chi connectivity index (χ3v) is 4.29. The molecule has 0 unspecified atom stereocenters. The number of nitriles is 1. The van der Waals surface area contributed by atoms with Crippen LogP contribution in [0.2, 0.25) is 5.02 Å². The molecule has 0 aliphatic carbocycles. The fraction of sp³-hybridized carbons (Fsp3) is 0.105. The average Bonchev–Trinajstić information content (AvgIpc) is 2.61. The Morgan fingerprint density at radius 3 is 2.67 bits per heavy atom. The molecule has 0 aliphatic heterocycles. The lowest BCUT2D eigenvalue weighted by molar-refractivity contribution is -0.120. The van der Waals surface area contributed by atoms with E-state index in [0.29, 0.717) is 26.5 Å². The van der Waals surface area contributed by atoms with E-state index in [2.05, 4.69) is 21.2 Å². The maximum atomic E-state index is 12.4. The summed E-state index contributed by atoms with van der Waals surface area (Å²) in [7, 11) is 0. The van der Waals surface area contributed by atoms with Crippen LogP contribution in [0.1, 0.15) is 11.1 Å². The van der Waals surface area contributed by atoms with Gasteiger partial charge in [-0.15, -0.1) is 0 Å². The molecule has 27 heavy (non-hydrogen) atoms. The zero-order chi connectivity index (χ0) is 20.0. The lowest BCUT2D eigenvalue weighted by atomic mass is 10.1. The van der Waals surface area contributed by atoms with Crippen molar-refractivity contribution in [2.24, 2.45) is 5.73 Å². The Morgan fingerprint density at radius 1 is 1.33 bits per heavy atom. The van der Waals surface area contributed by atoms with Crippen molar-refractivity contribution < 1.29 is 14.3 Å². The molecule has 0 bridgehead atoms. The second-order valence-corrected chi connectivity index (χ2v) is 6.82. The number of nitrogens with one attached hydrogen (secondary N) is 1. The highest BCUT2D eigenvalue weighted by Gasteiger charge is 2.12. The van der Waals surface area contributed by atoms with Crippen molar-refractivity contribution in [3.05, 3.63) is 62.6 Å². The summed E-state index contributed by atoms with van der Waals surface area (Å²) in [6.07, 6.45) is 1.45. The van der Waals surface area contributed by atoms with E-state index in [1.807, 2.05) is 6.07 Å². The normalized spacial score (nSPS) is 10.8. The number of carbonyl (C=O) groups is 2. The van der Waals surface area contributed by atoms with Crippen molar-refractivity contribution in [3.8, 4) is 11.8 Å². The van der Waals surface area contributed by atoms with Crippen LogP contribution in [0.15, 0.2) is 46.4 Å². The van der Waals surface area contributed by atoms with Gasteiger partial charge < -0.3 is 15.8 Å². The minimum atomic E-state index is -0.591. The number of halogens is 2. The molecule has 0 saturated heterocycles. The third kappa shape index (κ3) is 5.84. The van der Waals surface area contributed by atoms with Gasteiger partial charge in [0.05, 0.1) is 4.47 Å². The number of aryl methyl sites for hydroxylation is 1. The quantitative estimate of drug-likeness (QED) is 0.517. The number of benzene rings is 2. The van der Waals surface area contributed by atoms with Crippen molar-refractivity contribution in [1.82, 2.24) is 0 Å². The molecular formula is C19H15BrClN3O3. The van der Waals surface area contributed by atoms with Gasteiger partial charge in [-0.1, -0.05) is 17.7 Å². The minimum absolute atomic E-state index is 0.0675. The van der Waals surface area contributed by atoms with Crippen LogP contribution in [0.3, 0.4) is 0 Å². The number of primary amides is 1. The van der Waals surface area contributed by atoms with Gasteiger partial charge in [0.2, 0.25) is 0 Å². The van der Waals surface area contributed by atoms with Crippen LogP contribution in [0.5, 0.6) is 5.75 Å². The molecule has 2 aromatic carbocycles. The largest absolute Gasteiger partial charge is 0.483 e.